The number of nitrogens with two attached hydrogens (primary N) is 1. The smallest absolute Gasteiger partial charge is 0.242 e. The Bertz CT molecular complexity index is 534. The minimum Gasteiger partial charge on any atom is -0.323 e. The van der Waals surface area contributed by atoms with E-state index in [2.05, 4.69) is 24.0 Å². The van der Waals surface area contributed by atoms with Crippen molar-refractivity contribution in [3.8, 4) is 0 Å². The lowest BCUT2D eigenvalue weighted by molar-refractivity contribution is 0.329. The van der Waals surface area contributed by atoms with Crippen LogP contribution in [0.25, 0.3) is 0 Å². The van der Waals surface area contributed by atoms with Crippen molar-refractivity contribution < 1.29 is 8.42 Å². The Balaban J connectivity index is 2.99. The first-order chi connectivity index (χ1) is 9.76. The third-order valence-corrected chi connectivity index (χ3v) is 4.57. The second kappa shape index (κ2) is 7.74. The summed E-state index contributed by atoms with van der Waals surface area (Å²) in [4.78, 5) is 2.14. The Hall–Kier alpha value is -1.15. The first kappa shape index (κ1) is 17.9. The molecule has 0 aromatic heterocycles. The maximum absolute atomic E-state index is 12.6. The van der Waals surface area contributed by atoms with E-state index >= 15 is 0 Å². The number of hydrogen-bond donors (Lipinski definition) is 3. The van der Waals surface area contributed by atoms with Crippen LogP contribution < -0.4 is 16.0 Å². The van der Waals surface area contributed by atoms with Gasteiger partial charge in [-0.3, -0.25) is 5.84 Å². The van der Waals surface area contributed by atoms with Crippen molar-refractivity contribution >= 4 is 15.7 Å². The second-order valence-corrected chi connectivity index (χ2v) is 7.53. The van der Waals surface area contributed by atoms with Gasteiger partial charge in [0.2, 0.25) is 10.0 Å². The molecule has 1 unspecified atom stereocenters. The molecule has 1 atom stereocenters. The van der Waals surface area contributed by atoms with Crippen molar-refractivity contribution in [1.82, 2.24) is 9.62 Å². The molecule has 1 aromatic rings. The molecule has 6 nitrogen and oxygen atoms in total. The van der Waals surface area contributed by atoms with Gasteiger partial charge in [-0.2, -0.15) is 0 Å². The van der Waals surface area contributed by atoms with Crippen LogP contribution in [0.2, 0.25) is 0 Å². The number of nitrogens with one attached hydrogen (secondary N) is 2. The number of sulfonamides is 1. The lowest BCUT2D eigenvalue weighted by Gasteiger charge is -2.24. The average Bonchev–Trinajstić information content (AvgIpc) is 2.36. The molecule has 0 bridgehead atoms. The van der Waals surface area contributed by atoms with Gasteiger partial charge in [-0.05, 0) is 38.6 Å². The summed E-state index contributed by atoms with van der Waals surface area (Å²) < 4.78 is 27.9. The molecule has 0 aliphatic rings. The van der Waals surface area contributed by atoms with Gasteiger partial charge in [0.1, 0.15) is 4.90 Å². The number of nitrogen functional groups attached to an aromatic ring is 1. The van der Waals surface area contributed by atoms with Gasteiger partial charge in [0.05, 0.1) is 5.69 Å². The van der Waals surface area contributed by atoms with E-state index in [4.69, 9.17) is 5.84 Å². The third kappa shape index (κ3) is 5.62. The van der Waals surface area contributed by atoms with Crippen LogP contribution in [-0.2, 0) is 10.0 Å². The molecule has 0 amide bonds. The van der Waals surface area contributed by atoms with Crippen molar-refractivity contribution in [2.24, 2.45) is 11.8 Å². The monoisotopic (exact) mass is 314 g/mol. The summed E-state index contributed by atoms with van der Waals surface area (Å²) >= 11 is 0. The summed E-state index contributed by atoms with van der Waals surface area (Å²) in [6.45, 7) is 4.80. The lowest BCUT2D eigenvalue weighted by Crippen LogP contribution is -2.42. The standard InChI is InChI=1S/C14H26N4O2S/c1-11(2)9-12(10-18(3)4)17-21(19,20)14-8-6-5-7-13(14)16-15/h5-8,11-12,16-17H,9-10,15H2,1-4H3. The van der Waals surface area contributed by atoms with Crippen LogP contribution in [0, 0.1) is 5.92 Å². The fraction of sp³-hybridized carbons (Fsp3) is 0.571. The van der Waals surface area contributed by atoms with Gasteiger partial charge in [0.15, 0.2) is 0 Å². The van der Waals surface area contributed by atoms with Crippen LogP contribution in [-0.4, -0.2) is 40.0 Å². The van der Waals surface area contributed by atoms with E-state index in [1.807, 2.05) is 19.0 Å². The first-order valence-electron chi connectivity index (χ1n) is 6.99. The van der Waals surface area contributed by atoms with Crippen LogP contribution in [0.5, 0.6) is 0 Å². The maximum Gasteiger partial charge on any atom is 0.242 e. The molecule has 1 rings (SSSR count). The van der Waals surface area contributed by atoms with Crippen LogP contribution in [0.4, 0.5) is 5.69 Å². The number of hydrogen-bond acceptors (Lipinski definition) is 5. The highest BCUT2D eigenvalue weighted by Gasteiger charge is 2.23. The van der Waals surface area contributed by atoms with Crippen molar-refractivity contribution in [3.63, 3.8) is 0 Å². The zero-order valence-corrected chi connectivity index (χ0v) is 13.9. The fourth-order valence-electron chi connectivity index (χ4n) is 2.27. The summed E-state index contributed by atoms with van der Waals surface area (Å²) in [6.07, 6.45) is 0.773. The van der Waals surface area contributed by atoms with Gasteiger partial charge in [0.25, 0.3) is 0 Å². The predicted octanol–water partition coefficient (Wildman–Crippen LogP) is 1.23. The Morgan fingerprint density at radius 2 is 1.86 bits per heavy atom. The van der Waals surface area contributed by atoms with E-state index < -0.39 is 10.0 Å². The molecular weight excluding hydrogens is 288 g/mol. The Labute approximate surface area is 127 Å². The normalized spacial score (nSPS) is 13.7. The Morgan fingerprint density at radius 1 is 1.24 bits per heavy atom. The largest absolute Gasteiger partial charge is 0.323 e. The zero-order chi connectivity index (χ0) is 16.0. The van der Waals surface area contributed by atoms with Gasteiger partial charge in [0, 0.05) is 12.6 Å². The molecule has 0 spiro atoms. The molecule has 0 aliphatic heterocycles. The fourth-order valence-corrected chi connectivity index (χ4v) is 3.68. The van der Waals surface area contributed by atoms with E-state index in [1.165, 1.54) is 0 Å². The van der Waals surface area contributed by atoms with E-state index in [-0.39, 0.29) is 10.9 Å². The summed E-state index contributed by atoms with van der Waals surface area (Å²) in [6, 6.07) is 6.45. The number of nitrogens with zero attached hydrogens (tertiary/aromatic N) is 1. The molecule has 0 aliphatic carbocycles. The number of likely N-dealkylation sites (N-methyl/N-ethyl adjacent to an activating group) is 1. The first-order valence-corrected chi connectivity index (χ1v) is 8.47. The molecule has 0 radical (unpaired) electrons. The summed E-state index contributed by atoms with van der Waals surface area (Å²) in [5, 5.41) is 0. The van der Waals surface area contributed by atoms with Crippen molar-refractivity contribution in [2.75, 3.05) is 26.1 Å². The minimum atomic E-state index is -3.61. The number of benzene rings is 1. The van der Waals surface area contributed by atoms with Gasteiger partial charge < -0.3 is 10.3 Å². The third-order valence-electron chi connectivity index (χ3n) is 3.00. The predicted molar refractivity (Wildman–Crippen MR) is 86.4 cm³/mol. The molecule has 0 saturated heterocycles. The number of anilines is 1. The quantitative estimate of drug-likeness (QED) is 0.496. The van der Waals surface area contributed by atoms with E-state index in [0.717, 1.165) is 6.42 Å². The molecule has 120 valence electrons. The number of para-hydroxylation sites is 1. The van der Waals surface area contributed by atoms with Crippen molar-refractivity contribution in [3.05, 3.63) is 24.3 Å². The molecule has 0 saturated carbocycles. The maximum atomic E-state index is 12.6. The van der Waals surface area contributed by atoms with Crippen LogP contribution in [0.3, 0.4) is 0 Å². The van der Waals surface area contributed by atoms with Crippen LogP contribution >= 0.6 is 0 Å². The average molecular weight is 314 g/mol. The molecule has 7 heteroatoms. The van der Waals surface area contributed by atoms with Gasteiger partial charge in [-0.15, -0.1) is 0 Å². The number of hydrazine groups is 1. The molecule has 0 heterocycles. The van der Waals surface area contributed by atoms with E-state index in [0.29, 0.717) is 18.2 Å². The van der Waals surface area contributed by atoms with Crippen molar-refractivity contribution in [2.45, 2.75) is 31.2 Å². The topological polar surface area (TPSA) is 87.5 Å². The van der Waals surface area contributed by atoms with Gasteiger partial charge in [-0.25, -0.2) is 13.1 Å². The van der Waals surface area contributed by atoms with E-state index in [1.54, 1.807) is 24.3 Å². The molecule has 0 fully saturated rings. The highest BCUT2D eigenvalue weighted by molar-refractivity contribution is 7.89. The van der Waals surface area contributed by atoms with Gasteiger partial charge in [-0.1, -0.05) is 26.0 Å². The van der Waals surface area contributed by atoms with Gasteiger partial charge >= 0.3 is 0 Å². The summed E-state index contributed by atoms with van der Waals surface area (Å²) in [5.41, 5.74) is 2.81. The van der Waals surface area contributed by atoms with E-state index in [9.17, 15) is 8.42 Å². The Morgan fingerprint density at radius 3 is 2.38 bits per heavy atom. The molecular formula is C14H26N4O2S. The molecule has 21 heavy (non-hydrogen) atoms. The highest BCUT2D eigenvalue weighted by atomic mass is 32.2. The number of rotatable bonds is 8. The zero-order valence-electron chi connectivity index (χ0n) is 13.1. The second-order valence-electron chi connectivity index (χ2n) is 5.85. The SMILES string of the molecule is CC(C)CC(CN(C)C)NS(=O)(=O)c1ccccc1NN. The minimum absolute atomic E-state index is 0.143. The molecule has 4 N–H and O–H groups in total. The molecule has 1 aromatic carbocycles. The van der Waals surface area contributed by atoms with Crippen LogP contribution in [0.15, 0.2) is 29.2 Å². The Kier molecular flexibility index (Phi) is 6.60. The van der Waals surface area contributed by atoms with Crippen molar-refractivity contribution in [1.29, 1.82) is 0 Å². The lowest BCUT2D eigenvalue weighted by atomic mass is 10.0. The summed E-state index contributed by atoms with van der Waals surface area (Å²) in [7, 11) is 0.243. The summed E-state index contributed by atoms with van der Waals surface area (Å²) in [5.74, 6) is 5.79. The van der Waals surface area contributed by atoms with Crippen LogP contribution in [0.1, 0.15) is 20.3 Å². The highest BCUT2D eigenvalue weighted by Crippen LogP contribution is 2.20.